The molecule has 0 radical (unpaired) electrons. The highest BCUT2D eigenvalue weighted by Gasteiger charge is 2.17. The number of pyridine rings is 2. The van der Waals surface area contributed by atoms with Crippen LogP contribution in [0.25, 0.3) is 78.1 Å². The summed E-state index contributed by atoms with van der Waals surface area (Å²) >= 11 is 0. The molecule has 0 aliphatic carbocycles. The van der Waals surface area contributed by atoms with E-state index in [0.717, 1.165) is 60.6 Å². The average Bonchev–Trinajstić information content (AvgIpc) is 3.11. The van der Waals surface area contributed by atoms with Gasteiger partial charge >= 0.3 is 0 Å². The summed E-state index contributed by atoms with van der Waals surface area (Å²) < 4.78 is 0. The Morgan fingerprint density at radius 2 is 0.909 bits per heavy atom. The third-order valence-corrected chi connectivity index (χ3v) is 7.86. The average molecular weight is 564 g/mol. The van der Waals surface area contributed by atoms with E-state index in [4.69, 9.17) is 15.0 Å². The molecule has 0 bridgehead atoms. The normalized spacial score (nSPS) is 11.2. The van der Waals surface area contributed by atoms with E-state index >= 15 is 0 Å². The lowest BCUT2D eigenvalue weighted by molar-refractivity contribution is 1.08. The van der Waals surface area contributed by atoms with Crippen LogP contribution in [0, 0.1) is 0 Å². The van der Waals surface area contributed by atoms with Crippen molar-refractivity contribution in [2.75, 3.05) is 0 Å². The van der Waals surface area contributed by atoms with Crippen LogP contribution in [0.1, 0.15) is 0 Å². The van der Waals surface area contributed by atoms with E-state index in [1.54, 1.807) is 0 Å². The van der Waals surface area contributed by atoms with Gasteiger partial charge in [-0.1, -0.05) is 91.0 Å². The number of aromatic nitrogens is 5. The maximum absolute atomic E-state index is 5.14. The van der Waals surface area contributed by atoms with Crippen molar-refractivity contribution in [3.05, 3.63) is 152 Å². The molecule has 5 nitrogen and oxygen atoms in total. The van der Waals surface area contributed by atoms with Gasteiger partial charge in [0.25, 0.3) is 0 Å². The lowest BCUT2D eigenvalue weighted by atomic mass is 9.98. The standard InChI is InChI=1S/C39H25N5/c1-3-13-32-27(9-1)11-7-15-34(32)38-42-37(43-39(44-38)35-16-8-12-28-10-2-4-14-33(28)35)31-24-29(26-18-21-40-22-19-26)23-30(25-31)36-17-5-6-20-41-36/h1-25H. The van der Waals surface area contributed by atoms with Gasteiger partial charge in [0.1, 0.15) is 0 Å². The predicted octanol–water partition coefficient (Wildman–Crippen LogP) is 9.30. The second-order valence-electron chi connectivity index (χ2n) is 10.6. The number of rotatable bonds is 5. The molecule has 0 saturated carbocycles. The van der Waals surface area contributed by atoms with Crippen LogP contribution in [0.2, 0.25) is 0 Å². The maximum Gasteiger partial charge on any atom is 0.164 e. The van der Waals surface area contributed by atoms with Gasteiger partial charge in [-0.05, 0) is 75.1 Å². The second-order valence-corrected chi connectivity index (χ2v) is 10.6. The van der Waals surface area contributed by atoms with Crippen LogP contribution >= 0.6 is 0 Å². The molecule has 8 rings (SSSR count). The van der Waals surface area contributed by atoms with Crippen LogP contribution in [0.4, 0.5) is 0 Å². The van der Waals surface area contributed by atoms with Crippen LogP contribution in [-0.4, -0.2) is 24.9 Å². The molecule has 0 atom stereocenters. The van der Waals surface area contributed by atoms with E-state index in [0.29, 0.717) is 17.5 Å². The molecule has 0 amide bonds. The number of fused-ring (bicyclic) bond motifs is 2. The summed E-state index contributed by atoms with van der Waals surface area (Å²) in [5.74, 6) is 1.85. The summed E-state index contributed by atoms with van der Waals surface area (Å²) in [6.07, 6.45) is 5.43. The lowest BCUT2D eigenvalue weighted by Crippen LogP contribution is -2.01. The Balaban J connectivity index is 1.41. The summed E-state index contributed by atoms with van der Waals surface area (Å²) in [5, 5.41) is 4.46. The molecular weight excluding hydrogens is 538 g/mol. The van der Waals surface area contributed by atoms with E-state index < -0.39 is 0 Å². The Bertz CT molecular complexity index is 2120. The smallest absolute Gasteiger partial charge is 0.164 e. The zero-order valence-corrected chi connectivity index (χ0v) is 23.7. The Morgan fingerprint density at radius 3 is 1.55 bits per heavy atom. The van der Waals surface area contributed by atoms with Gasteiger partial charge < -0.3 is 0 Å². The van der Waals surface area contributed by atoms with Gasteiger partial charge in [-0.3, -0.25) is 9.97 Å². The summed E-state index contributed by atoms with van der Waals surface area (Å²) in [4.78, 5) is 24.3. The molecule has 0 unspecified atom stereocenters. The highest BCUT2D eigenvalue weighted by atomic mass is 15.0. The number of hydrogen-bond donors (Lipinski definition) is 0. The van der Waals surface area contributed by atoms with Crippen molar-refractivity contribution in [1.29, 1.82) is 0 Å². The molecule has 0 spiro atoms. The highest BCUT2D eigenvalue weighted by Crippen LogP contribution is 2.35. The van der Waals surface area contributed by atoms with E-state index in [1.165, 1.54) is 0 Å². The number of hydrogen-bond acceptors (Lipinski definition) is 5. The van der Waals surface area contributed by atoms with Gasteiger partial charge in [0.2, 0.25) is 0 Å². The Hall–Kier alpha value is -6.07. The van der Waals surface area contributed by atoms with E-state index in [-0.39, 0.29) is 0 Å². The zero-order valence-electron chi connectivity index (χ0n) is 23.7. The molecule has 0 N–H and O–H groups in total. The number of nitrogens with zero attached hydrogens (tertiary/aromatic N) is 5. The predicted molar refractivity (Wildman–Crippen MR) is 178 cm³/mol. The molecular formula is C39H25N5. The van der Waals surface area contributed by atoms with Gasteiger partial charge in [-0.2, -0.15) is 0 Å². The van der Waals surface area contributed by atoms with Crippen LogP contribution < -0.4 is 0 Å². The minimum atomic E-state index is 0.596. The Kier molecular flexibility index (Phi) is 6.39. The fourth-order valence-corrected chi connectivity index (χ4v) is 5.74. The fraction of sp³-hybridized carbons (Fsp3) is 0. The van der Waals surface area contributed by atoms with Gasteiger partial charge in [0.15, 0.2) is 17.5 Å². The number of benzene rings is 5. The first-order valence-corrected chi connectivity index (χ1v) is 14.5. The van der Waals surface area contributed by atoms with Crippen molar-refractivity contribution in [1.82, 2.24) is 24.9 Å². The van der Waals surface area contributed by atoms with Crippen LogP contribution in [0.3, 0.4) is 0 Å². The topological polar surface area (TPSA) is 64.5 Å². The minimum Gasteiger partial charge on any atom is -0.265 e. The summed E-state index contributed by atoms with van der Waals surface area (Å²) in [6.45, 7) is 0. The first-order chi connectivity index (χ1) is 21.8. The van der Waals surface area contributed by atoms with Crippen molar-refractivity contribution >= 4 is 21.5 Å². The van der Waals surface area contributed by atoms with Crippen molar-refractivity contribution in [3.63, 3.8) is 0 Å². The van der Waals surface area contributed by atoms with Gasteiger partial charge in [0, 0.05) is 40.8 Å². The van der Waals surface area contributed by atoms with Crippen molar-refractivity contribution in [3.8, 4) is 56.5 Å². The van der Waals surface area contributed by atoms with Crippen molar-refractivity contribution in [2.45, 2.75) is 0 Å². The molecule has 3 heterocycles. The molecule has 44 heavy (non-hydrogen) atoms. The Morgan fingerprint density at radius 1 is 0.364 bits per heavy atom. The maximum atomic E-state index is 5.14. The Labute approximate surface area is 254 Å². The van der Waals surface area contributed by atoms with Crippen molar-refractivity contribution in [2.24, 2.45) is 0 Å². The monoisotopic (exact) mass is 563 g/mol. The summed E-state index contributed by atoms with van der Waals surface area (Å²) in [5.41, 5.74) is 6.74. The lowest BCUT2D eigenvalue weighted by Gasteiger charge is -2.13. The summed E-state index contributed by atoms with van der Waals surface area (Å²) in [7, 11) is 0. The molecule has 206 valence electrons. The highest BCUT2D eigenvalue weighted by molar-refractivity contribution is 5.97. The van der Waals surface area contributed by atoms with E-state index in [2.05, 4.69) is 113 Å². The third-order valence-electron chi connectivity index (χ3n) is 7.86. The molecule has 5 aromatic carbocycles. The van der Waals surface area contributed by atoms with E-state index in [9.17, 15) is 0 Å². The van der Waals surface area contributed by atoms with Gasteiger partial charge in [-0.25, -0.2) is 15.0 Å². The molecule has 0 saturated heterocycles. The molecule has 5 heteroatoms. The second kappa shape index (κ2) is 11.0. The molecule has 0 aliphatic heterocycles. The molecule has 0 fully saturated rings. The molecule has 3 aromatic heterocycles. The zero-order chi connectivity index (χ0) is 29.3. The van der Waals surface area contributed by atoms with Crippen molar-refractivity contribution < 1.29 is 0 Å². The van der Waals surface area contributed by atoms with E-state index in [1.807, 2.05) is 48.9 Å². The van der Waals surface area contributed by atoms with Crippen LogP contribution in [-0.2, 0) is 0 Å². The quantitative estimate of drug-likeness (QED) is 0.209. The third kappa shape index (κ3) is 4.76. The summed E-state index contributed by atoms with van der Waals surface area (Å²) in [6, 6.07) is 45.6. The van der Waals surface area contributed by atoms with Gasteiger partial charge in [-0.15, -0.1) is 0 Å². The fourth-order valence-electron chi connectivity index (χ4n) is 5.74. The molecule has 8 aromatic rings. The first-order valence-electron chi connectivity index (χ1n) is 14.5. The minimum absolute atomic E-state index is 0.596. The van der Waals surface area contributed by atoms with Crippen LogP contribution in [0.5, 0.6) is 0 Å². The van der Waals surface area contributed by atoms with Gasteiger partial charge in [0.05, 0.1) is 5.69 Å². The SMILES string of the molecule is c1ccc(-c2cc(-c3ccncc3)cc(-c3nc(-c4cccc5ccccc45)nc(-c4cccc5ccccc45)n3)c2)nc1. The molecule has 0 aliphatic rings. The largest absolute Gasteiger partial charge is 0.265 e. The first kappa shape index (κ1) is 25.6. The van der Waals surface area contributed by atoms with Crippen LogP contribution in [0.15, 0.2) is 152 Å².